The van der Waals surface area contributed by atoms with Crippen LogP contribution in [0.5, 0.6) is 0 Å². The second-order valence-electron chi connectivity index (χ2n) is 5.66. The van der Waals surface area contributed by atoms with Gasteiger partial charge in [0.15, 0.2) is 12.2 Å². The molecule has 0 N–H and O–H groups in total. The molecule has 2 aromatic carbocycles. The number of benzene rings is 2. The largest absolute Gasteiger partial charge is 1.00 e. The van der Waals surface area contributed by atoms with E-state index in [-0.39, 0.29) is 35.0 Å². The minimum absolute atomic E-state index is 0. The first-order valence-electron chi connectivity index (χ1n) is 7.73. The molecule has 1 aromatic heterocycles. The third kappa shape index (κ3) is 4.37. The number of Topliss-reactive ketones (excluding diaryl/α,β-unsaturated/α-hetero) is 1. The molecule has 0 amide bonds. The zero-order chi connectivity index (χ0) is 17.8. The summed E-state index contributed by atoms with van der Waals surface area (Å²) >= 11 is 0. The smallest absolute Gasteiger partial charge is 0.287 e. The number of aryl methyl sites for hydroxylation is 1. The van der Waals surface area contributed by atoms with Gasteiger partial charge in [0.05, 0.1) is 11.1 Å². The zero-order valence-electron chi connectivity index (χ0n) is 14.0. The van der Waals surface area contributed by atoms with E-state index in [9.17, 15) is 14.9 Å². The molecule has 0 unspecified atom stereocenters. The molecule has 0 saturated heterocycles. The first-order valence-corrected chi connectivity index (χ1v) is 7.73. The van der Waals surface area contributed by atoms with Gasteiger partial charge in [-0.2, -0.15) is 0 Å². The number of non-ortho nitro benzene ring substituents is 1. The Bertz CT molecular complexity index is 926. The lowest BCUT2D eigenvalue weighted by Gasteiger charge is -2.02. The Balaban J connectivity index is 0.00000243. The predicted molar refractivity (Wildman–Crippen MR) is 92.0 cm³/mol. The summed E-state index contributed by atoms with van der Waals surface area (Å²) in [5.41, 5.74) is 3.43. The number of nitro groups is 1. The van der Waals surface area contributed by atoms with Crippen LogP contribution in [0.25, 0.3) is 11.3 Å². The lowest BCUT2D eigenvalue weighted by molar-refractivity contribution is -0.686. The van der Waals surface area contributed by atoms with Crippen molar-refractivity contribution in [3.8, 4) is 11.3 Å². The lowest BCUT2D eigenvalue weighted by Crippen LogP contribution is -3.00. The molecule has 3 aromatic rings. The van der Waals surface area contributed by atoms with Crippen LogP contribution in [-0.2, 0) is 6.54 Å². The van der Waals surface area contributed by atoms with Crippen molar-refractivity contribution in [3.05, 3.63) is 88.4 Å². The van der Waals surface area contributed by atoms with Crippen LogP contribution >= 0.6 is 0 Å². The van der Waals surface area contributed by atoms with E-state index in [4.69, 9.17) is 0 Å². The summed E-state index contributed by atoms with van der Waals surface area (Å²) in [6, 6.07) is 15.4. The summed E-state index contributed by atoms with van der Waals surface area (Å²) in [6.07, 6.45) is 3.42. The number of nitrogens with zero attached hydrogens (tertiary/aromatic N) is 3. The summed E-state index contributed by atoms with van der Waals surface area (Å²) in [6.45, 7) is 2.15. The number of carbonyl (C=O) groups excluding carboxylic acids is 1. The number of aromatic nitrogens is 2. The van der Waals surface area contributed by atoms with Crippen molar-refractivity contribution in [2.24, 2.45) is 0 Å². The molecule has 0 aliphatic rings. The van der Waals surface area contributed by atoms with E-state index in [2.05, 4.69) is 4.98 Å². The second kappa shape index (κ2) is 8.44. The summed E-state index contributed by atoms with van der Waals surface area (Å²) in [5.74, 6) is -0.134. The minimum Gasteiger partial charge on any atom is -1.00 e. The Morgan fingerprint density at radius 3 is 2.38 bits per heavy atom. The molecule has 132 valence electrons. The molecule has 1 heterocycles. The van der Waals surface area contributed by atoms with Gasteiger partial charge in [-0.3, -0.25) is 14.9 Å². The van der Waals surface area contributed by atoms with E-state index >= 15 is 0 Å². The zero-order valence-corrected chi connectivity index (χ0v) is 15.6. The van der Waals surface area contributed by atoms with Crippen molar-refractivity contribution in [3.63, 3.8) is 0 Å². The standard InChI is InChI=1S/C19H16N3O3.BrH/c1-14-4-2-3-5-17(14)18-10-11-21(13-20-18)12-19(23)15-6-8-16(9-7-15)22(24)25;/h2-11,13H,12H2,1H3;1H/q+1;/p-1. The van der Waals surface area contributed by atoms with E-state index in [0.29, 0.717) is 5.56 Å². The quantitative estimate of drug-likeness (QED) is 0.258. The number of hydrogen-bond donors (Lipinski definition) is 0. The van der Waals surface area contributed by atoms with Crippen molar-refractivity contribution in [1.82, 2.24) is 4.98 Å². The Labute approximate surface area is 161 Å². The number of halogens is 1. The molecule has 26 heavy (non-hydrogen) atoms. The third-order valence-corrected chi connectivity index (χ3v) is 3.92. The third-order valence-electron chi connectivity index (χ3n) is 3.92. The molecule has 0 radical (unpaired) electrons. The fraction of sp³-hybridized carbons (Fsp3) is 0.105. The van der Waals surface area contributed by atoms with Gasteiger partial charge in [0.2, 0.25) is 5.78 Å². The normalized spacial score (nSPS) is 10.0. The Morgan fingerprint density at radius 2 is 1.81 bits per heavy atom. The highest BCUT2D eigenvalue weighted by atomic mass is 79.9. The number of rotatable bonds is 5. The van der Waals surface area contributed by atoms with E-state index in [1.807, 2.05) is 37.3 Å². The number of ketones is 1. The molecule has 0 saturated carbocycles. The molecule has 0 aliphatic carbocycles. The van der Waals surface area contributed by atoms with Gasteiger partial charge in [-0.15, -0.1) is 0 Å². The van der Waals surface area contributed by atoms with E-state index in [0.717, 1.165) is 16.8 Å². The predicted octanol–water partition coefficient (Wildman–Crippen LogP) is 0.140. The molecule has 3 rings (SSSR count). The van der Waals surface area contributed by atoms with Gasteiger partial charge >= 0.3 is 0 Å². The van der Waals surface area contributed by atoms with E-state index < -0.39 is 4.92 Å². The van der Waals surface area contributed by atoms with Crippen LogP contribution < -0.4 is 21.5 Å². The Hall–Kier alpha value is -2.93. The summed E-state index contributed by atoms with van der Waals surface area (Å²) in [7, 11) is 0. The topological polar surface area (TPSA) is 77.0 Å². The molecule has 0 atom stereocenters. The summed E-state index contributed by atoms with van der Waals surface area (Å²) in [4.78, 5) is 26.9. The first-order chi connectivity index (χ1) is 12.0. The number of carbonyl (C=O) groups is 1. The van der Waals surface area contributed by atoms with Crippen molar-refractivity contribution in [1.29, 1.82) is 0 Å². The maximum absolute atomic E-state index is 12.3. The SMILES string of the molecule is Cc1ccccc1-c1cc[n+](CC(=O)c2ccc([N+](=O)[O-])cc2)cn1.[Br-]. The van der Waals surface area contributed by atoms with Crippen LogP contribution in [0.1, 0.15) is 15.9 Å². The van der Waals surface area contributed by atoms with E-state index in [1.54, 1.807) is 17.1 Å². The molecule has 0 spiro atoms. The summed E-state index contributed by atoms with van der Waals surface area (Å²) in [5, 5.41) is 10.7. The van der Waals surface area contributed by atoms with Crippen molar-refractivity contribution in [2.75, 3.05) is 0 Å². The Morgan fingerprint density at radius 1 is 1.12 bits per heavy atom. The van der Waals surface area contributed by atoms with Gasteiger partial charge in [-0.05, 0) is 29.6 Å². The van der Waals surface area contributed by atoms with Crippen LogP contribution in [0.2, 0.25) is 0 Å². The average Bonchev–Trinajstić information content (AvgIpc) is 2.63. The minimum atomic E-state index is -0.489. The highest BCUT2D eigenvalue weighted by Gasteiger charge is 2.14. The summed E-state index contributed by atoms with van der Waals surface area (Å²) < 4.78 is 1.69. The van der Waals surface area contributed by atoms with Crippen LogP contribution in [0.15, 0.2) is 67.1 Å². The van der Waals surface area contributed by atoms with Gasteiger partial charge in [0.25, 0.3) is 12.0 Å². The van der Waals surface area contributed by atoms with Crippen LogP contribution in [-0.4, -0.2) is 15.7 Å². The highest BCUT2D eigenvalue weighted by molar-refractivity contribution is 5.95. The molecule has 7 heteroatoms. The van der Waals surface area contributed by atoms with Crippen LogP contribution in [0, 0.1) is 17.0 Å². The molecular formula is C19H16BrN3O3. The van der Waals surface area contributed by atoms with E-state index in [1.165, 1.54) is 24.3 Å². The van der Waals surface area contributed by atoms with Crippen molar-refractivity contribution >= 4 is 11.5 Å². The molecule has 0 bridgehead atoms. The monoisotopic (exact) mass is 413 g/mol. The van der Waals surface area contributed by atoms with Crippen LogP contribution in [0.3, 0.4) is 0 Å². The first kappa shape index (κ1) is 19.4. The fourth-order valence-corrected chi connectivity index (χ4v) is 2.52. The average molecular weight is 414 g/mol. The molecule has 0 fully saturated rings. The van der Waals surface area contributed by atoms with Crippen LogP contribution in [0.4, 0.5) is 5.69 Å². The lowest BCUT2D eigenvalue weighted by atomic mass is 10.1. The number of nitro benzene ring substituents is 1. The van der Waals surface area contributed by atoms with Crippen molar-refractivity contribution < 1.29 is 31.3 Å². The van der Waals surface area contributed by atoms with Gasteiger partial charge < -0.3 is 17.0 Å². The molecular weight excluding hydrogens is 398 g/mol. The Kier molecular flexibility index (Phi) is 6.30. The van der Waals surface area contributed by atoms with Gasteiger partial charge in [-0.1, -0.05) is 24.3 Å². The molecule has 0 aliphatic heterocycles. The highest BCUT2D eigenvalue weighted by Crippen LogP contribution is 2.19. The maximum Gasteiger partial charge on any atom is 0.287 e. The van der Waals surface area contributed by atoms with Crippen molar-refractivity contribution in [2.45, 2.75) is 13.5 Å². The number of hydrogen-bond acceptors (Lipinski definition) is 4. The molecule has 6 nitrogen and oxygen atoms in total. The fourth-order valence-electron chi connectivity index (χ4n) is 2.52. The van der Waals surface area contributed by atoms with Gasteiger partial charge in [0.1, 0.15) is 0 Å². The maximum atomic E-state index is 12.3. The second-order valence-corrected chi connectivity index (χ2v) is 5.66. The van der Waals surface area contributed by atoms with Gasteiger partial charge in [-0.25, -0.2) is 4.57 Å². The van der Waals surface area contributed by atoms with Gasteiger partial charge in [0, 0.05) is 29.3 Å².